The highest BCUT2D eigenvalue weighted by Crippen LogP contribution is 2.13. The summed E-state index contributed by atoms with van der Waals surface area (Å²) >= 11 is 0. The van der Waals surface area contributed by atoms with E-state index < -0.39 is 0 Å². The molecule has 0 saturated carbocycles. The number of ether oxygens (including phenoxy) is 1. The van der Waals surface area contributed by atoms with Gasteiger partial charge in [0.2, 0.25) is 0 Å². The SMILES string of the molecule is CCCCCCCCCCCCCCCCCCOCCC[N+](C)(C)CCO. The Hall–Kier alpha value is -0.120. The minimum absolute atomic E-state index is 0.271. The van der Waals surface area contributed by atoms with Gasteiger partial charge < -0.3 is 14.3 Å². The van der Waals surface area contributed by atoms with Gasteiger partial charge in [0, 0.05) is 13.0 Å². The van der Waals surface area contributed by atoms with Crippen LogP contribution in [-0.4, -0.2) is 56.6 Å². The molecule has 0 rings (SSSR count). The van der Waals surface area contributed by atoms with E-state index in [1.54, 1.807) is 0 Å². The Bertz CT molecular complexity index is 294. The molecule has 3 heteroatoms. The van der Waals surface area contributed by atoms with E-state index in [-0.39, 0.29) is 6.61 Å². The molecule has 0 heterocycles. The molecule has 0 aliphatic heterocycles. The van der Waals surface area contributed by atoms with E-state index in [4.69, 9.17) is 9.84 Å². The smallest absolute Gasteiger partial charge is 0.102 e. The van der Waals surface area contributed by atoms with Crippen LogP contribution in [0.1, 0.15) is 116 Å². The minimum atomic E-state index is 0.271. The van der Waals surface area contributed by atoms with E-state index in [2.05, 4.69) is 21.0 Å². The van der Waals surface area contributed by atoms with Crippen molar-refractivity contribution in [2.75, 3.05) is 47.0 Å². The average Bonchev–Trinajstić information content (AvgIpc) is 2.66. The summed E-state index contributed by atoms with van der Waals surface area (Å²) in [5.74, 6) is 0. The van der Waals surface area contributed by atoms with Gasteiger partial charge >= 0.3 is 0 Å². The lowest BCUT2D eigenvalue weighted by Crippen LogP contribution is -2.43. The number of rotatable bonds is 23. The van der Waals surface area contributed by atoms with Crippen molar-refractivity contribution >= 4 is 0 Å². The van der Waals surface area contributed by atoms with Gasteiger partial charge in [0.1, 0.15) is 6.54 Å². The van der Waals surface area contributed by atoms with Crippen molar-refractivity contribution in [3.8, 4) is 0 Å². The fourth-order valence-electron chi connectivity index (χ4n) is 3.83. The zero-order valence-corrected chi connectivity index (χ0v) is 19.9. The second kappa shape index (κ2) is 21.6. The van der Waals surface area contributed by atoms with Crippen LogP contribution in [0.2, 0.25) is 0 Å². The Morgan fingerprint density at radius 3 is 1.36 bits per heavy atom. The largest absolute Gasteiger partial charge is 0.391 e. The van der Waals surface area contributed by atoms with Crippen LogP contribution < -0.4 is 0 Å². The van der Waals surface area contributed by atoms with E-state index in [0.717, 1.165) is 37.2 Å². The molecule has 0 saturated heterocycles. The molecular formula is C25H54NO2+. The first-order valence-corrected chi connectivity index (χ1v) is 12.6. The lowest BCUT2D eigenvalue weighted by atomic mass is 10.0. The maximum absolute atomic E-state index is 9.02. The van der Waals surface area contributed by atoms with Crippen LogP contribution in [0.4, 0.5) is 0 Å². The molecule has 1 N–H and O–H groups in total. The highest BCUT2D eigenvalue weighted by molar-refractivity contribution is 4.50. The fourth-order valence-corrected chi connectivity index (χ4v) is 3.83. The van der Waals surface area contributed by atoms with Crippen LogP contribution in [0.3, 0.4) is 0 Å². The molecule has 0 aliphatic rings. The van der Waals surface area contributed by atoms with Crippen LogP contribution in [0.25, 0.3) is 0 Å². The molecule has 170 valence electrons. The number of unbranched alkanes of at least 4 members (excludes halogenated alkanes) is 15. The Kier molecular flexibility index (Phi) is 21.5. The van der Waals surface area contributed by atoms with Gasteiger partial charge in [-0.05, 0) is 6.42 Å². The Balaban J connectivity index is 3.09. The van der Waals surface area contributed by atoms with E-state index in [0.29, 0.717) is 0 Å². The molecule has 0 aliphatic carbocycles. The normalized spacial score (nSPS) is 12.0. The summed E-state index contributed by atoms with van der Waals surface area (Å²) in [5.41, 5.74) is 0. The van der Waals surface area contributed by atoms with Crippen LogP contribution >= 0.6 is 0 Å². The van der Waals surface area contributed by atoms with Gasteiger partial charge in [0.15, 0.2) is 0 Å². The highest BCUT2D eigenvalue weighted by Gasteiger charge is 2.12. The maximum atomic E-state index is 9.02. The van der Waals surface area contributed by atoms with Crippen molar-refractivity contribution in [2.24, 2.45) is 0 Å². The van der Waals surface area contributed by atoms with Crippen molar-refractivity contribution in [1.82, 2.24) is 0 Å². The fraction of sp³-hybridized carbons (Fsp3) is 1.00. The highest BCUT2D eigenvalue weighted by atomic mass is 16.5. The number of hydrogen-bond acceptors (Lipinski definition) is 2. The number of quaternary nitrogens is 1. The lowest BCUT2D eigenvalue weighted by Gasteiger charge is -2.28. The second-order valence-electron chi connectivity index (χ2n) is 9.38. The molecule has 0 aromatic heterocycles. The third-order valence-electron chi connectivity index (χ3n) is 5.90. The van der Waals surface area contributed by atoms with E-state index >= 15 is 0 Å². The van der Waals surface area contributed by atoms with Crippen LogP contribution in [-0.2, 0) is 4.74 Å². The number of aliphatic hydroxyl groups excluding tert-OH is 1. The van der Waals surface area contributed by atoms with Gasteiger partial charge in [-0.15, -0.1) is 0 Å². The number of hydrogen-bond donors (Lipinski definition) is 1. The number of likely N-dealkylation sites (N-methyl/N-ethyl adjacent to an activating group) is 1. The van der Waals surface area contributed by atoms with Gasteiger partial charge in [-0.1, -0.05) is 103 Å². The summed E-state index contributed by atoms with van der Waals surface area (Å²) in [6.45, 7) is 6.27. The first kappa shape index (κ1) is 27.9. The molecule has 0 radical (unpaired) electrons. The van der Waals surface area contributed by atoms with Gasteiger partial charge in [0.25, 0.3) is 0 Å². The Morgan fingerprint density at radius 1 is 0.536 bits per heavy atom. The van der Waals surface area contributed by atoms with Crippen LogP contribution in [0.5, 0.6) is 0 Å². The predicted molar refractivity (Wildman–Crippen MR) is 124 cm³/mol. The first-order valence-electron chi connectivity index (χ1n) is 12.6. The molecule has 0 aromatic carbocycles. The van der Waals surface area contributed by atoms with Crippen molar-refractivity contribution in [1.29, 1.82) is 0 Å². The van der Waals surface area contributed by atoms with Gasteiger partial charge in [0.05, 0.1) is 33.9 Å². The van der Waals surface area contributed by atoms with E-state index in [1.165, 1.54) is 103 Å². The molecule has 0 spiro atoms. The lowest BCUT2D eigenvalue weighted by molar-refractivity contribution is -0.890. The zero-order valence-electron chi connectivity index (χ0n) is 19.9. The first-order chi connectivity index (χ1) is 13.6. The van der Waals surface area contributed by atoms with Crippen molar-refractivity contribution in [3.05, 3.63) is 0 Å². The van der Waals surface area contributed by atoms with E-state index in [1.807, 2.05) is 0 Å². The molecule has 0 fully saturated rings. The monoisotopic (exact) mass is 400 g/mol. The van der Waals surface area contributed by atoms with Gasteiger partial charge in [-0.3, -0.25) is 0 Å². The van der Waals surface area contributed by atoms with Crippen LogP contribution in [0.15, 0.2) is 0 Å². The van der Waals surface area contributed by atoms with Gasteiger partial charge in [-0.25, -0.2) is 0 Å². The molecule has 0 unspecified atom stereocenters. The average molecular weight is 401 g/mol. The molecule has 0 amide bonds. The molecular weight excluding hydrogens is 346 g/mol. The Morgan fingerprint density at radius 2 is 0.929 bits per heavy atom. The summed E-state index contributed by atoms with van der Waals surface area (Å²) in [6.07, 6.45) is 23.7. The molecule has 0 bridgehead atoms. The molecule has 28 heavy (non-hydrogen) atoms. The summed E-state index contributed by atoms with van der Waals surface area (Å²) in [7, 11) is 4.34. The second-order valence-corrected chi connectivity index (χ2v) is 9.38. The quantitative estimate of drug-likeness (QED) is 0.152. The van der Waals surface area contributed by atoms with Crippen molar-refractivity contribution < 1.29 is 14.3 Å². The molecule has 0 aromatic rings. The van der Waals surface area contributed by atoms with E-state index in [9.17, 15) is 0 Å². The number of aliphatic hydroxyl groups is 1. The molecule has 3 nitrogen and oxygen atoms in total. The summed E-state index contributed by atoms with van der Waals surface area (Å²) in [4.78, 5) is 0. The van der Waals surface area contributed by atoms with Crippen molar-refractivity contribution in [2.45, 2.75) is 116 Å². The maximum Gasteiger partial charge on any atom is 0.102 e. The third kappa shape index (κ3) is 22.2. The topological polar surface area (TPSA) is 29.5 Å². The standard InChI is InChI=1S/C25H54NO2/c1-4-5-6-7-8-9-10-11-12-13-14-15-16-17-18-19-24-28-25-20-21-26(2,3)22-23-27/h27H,4-25H2,1-3H3/q+1. The zero-order chi connectivity index (χ0) is 20.8. The summed E-state index contributed by atoms with van der Waals surface area (Å²) in [6, 6.07) is 0. The van der Waals surface area contributed by atoms with Gasteiger partial charge in [-0.2, -0.15) is 0 Å². The summed E-state index contributed by atoms with van der Waals surface area (Å²) < 4.78 is 6.64. The number of nitrogens with zero attached hydrogens (tertiary/aromatic N) is 1. The van der Waals surface area contributed by atoms with Crippen molar-refractivity contribution in [3.63, 3.8) is 0 Å². The minimum Gasteiger partial charge on any atom is -0.391 e. The predicted octanol–water partition coefficient (Wildman–Crippen LogP) is 6.72. The summed E-state index contributed by atoms with van der Waals surface area (Å²) in [5, 5.41) is 9.02. The third-order valence-corrected chi connectivity index (χ3v) is 5.90. The Labute approximate surface area is 177 Å². The van der Waals surface area contributed by atoms with Crippen LogP contribution in [0, 0.1) is 0 Å². The molecule has 0 atom stereocenters.